The third kappa shape index (κ3) is 7.40. The van der Waals surface area contributed by atoms with E-state index in [1.165, 1.54) is 0 Å². The van der Waals surface area contributed by atoms with E-state index in [-0.39, 0.29) is 12.0 Å². The smallest absolute Gasteiger partial charge is 0.132 e. The van der Waals surface area contributed by atoms with Crippen molar-refractivity contribution in [3.05, 3.63) is 95.6 Å². The summed E-state index contributed by atoms with van der Waals surface area (Å²) < 4.78 is 35.1. The quantitative estimate of drug-likeness (QED) is 0.188. The zero-order valence-corrected chi connectivity index (χ0v) is 25.1. The number of methoxy groups -OCH3 is 3. The van der Waals surface area contributed by atoms with Crippen molar-refractivity contribution < 1.29 is 33.5 Å². The van der Waals surface area contributed by atoms with Gasteiger partial charge in [-0.25, -0.2) is 0 Å². The molecule has 0 spiro atoms. The fourth-order valence-electron chi connectivity index (χ4n) is 5.70. The van der Waals surface area contributed by atoms with Crippen LogP contribution in [0.25, 0.3) is 10.8 Å². The molecule has 0 aromatic heterocycles. The number of fused-ring (bicyclic) bond motifs is 1. The average molecular weight is 588 g/mol. The summed E-state index contributed by atoms with van der Waals surface area (Å²) in [6, 6.07) is 25.8. The van der Waals surface area contributed by atoms with Crippen molar-refractivity contribution in [3.8, 4) is 23.0 Å². The van der Waals surface area contributed by atoms with E-state index in [2.05, 4.69) is 5.32 Å². The monoisotopic (exact) mass is 587 g/mol. The highest BCUT2D eigenvalue weighted by Crippen LogP contribution is 2.38. The van der Waals surface area contributed by atoms with E-state index in [4.69, 9.17) is 28.4 Å². The number of benzene rings is 4. The highest BCUT2D eigenvalue weighted by atomic mass is 16.5. The molecular weight excluding hydrogens is 546 g/mol. The minimum absolute atomic E-state index is 0.188. The van der Waals surface area contributed by atoms with Gasteiger partial charge in [0.05, 0.1) is 60.0 Å². The zero-order valence-electron chi connectivity index (χ0n) is 25.1. The Morgan fingerprint density at radius 2 is 1.49 bits per heavy atom. The Bertz CT molecular complexity index is 1460. The maximum Gasteiger partial charge on any atom is 0.132 e. The predicted octanol–water partition coefficient (Wildman–Crippen LogP) is 5.48. The van der Waals surface area contributed by atoms with Gasteiger partial charge in [-0.15, -0.1) is 0 Å². The van der Waals surface area contributed by atoms with E-state index in [0.29, 0.717) is 39.5 Å². The van der Waals surface area contributed by atoms with Crippen LogP contribution in [0.4, 0.5) is 0 Å². The Morgan fingerprint density at radius 1 is 0.744 bits per heavy atom. The molecule has 1 fully saturated rings. The van der Waals surface area contributed by atoms with Crippen LogP contribution in [-0.4, -0.2) is 64.9 Å². The number of β-amino-alcohol motifs (C(OH)–C–C–N with tert-alkyl or cyclic N) is 1. The van der Waals surface area contributed by atoms with Crippen LogP contribution in [0.15, 0.2) is 78.9 Å². The first kappa shape index (κ1) is 30.6. The third-order valence-electron chi connectivity index (χ3n) is 7.84. The Labute approximate surface area is 253 Å². The van der Waals surface area contributed by atoms with Crippen molar-refractivity contribution in [3.63, 3.8) is 0 Å². The summed E-state index contributed by atoms with van der Waals surface area (Å²) in [5.41, 5.74) is 2.93. The van der Waals surface area contributed by atoms with Crippen LogP contribution in [-0.2, 0) is 22.7 Å². The number of aliphatic hydroxyl groups is 1. The summed E-state index contributed by atoms with van der Waals surface area (Å²) in [4.78, 5) is 0. The van der Waals surface area contributed by atoms with E-state index < -0.39 is 6.10 Å². The van der Waals surface area contributed by atoms with Gasteiger partial charge in [0, 0.05) is 47.3 Å². The summed E-state index contributed by atoms with van der Waals surface area (Å²) in [5.74, 6) is 2.96. The molecule has 0 bridgehead atoms. The first-order valence-electron chi connectivity index (χ1n) is 14.7. The molecule has 2 N–H and O–H groups in total. The maximum atomic E-state index is 11.0. The van der Waals surface area contributed by atoms with Gasteiger partial charge >= 0.3 is 0 Å². The molecule has 0 radical (unpaired) electrons. The van der Waals surface area contributed by atoms with Gasteiger partial charge in [-0.2, -0.15) is 0 Å². The van der Waals surface area contributed by atoms with E-state index in [1.807, 2.05) is 78.9 Å². The van der Waals surface area contributed by atoms with Gasteiger partial charge in [0.15, 0.2) is 0 Å². The lowest BCUT2D eigenvalue weighted by Gasteiger charge is -2.36. The van der Waals surface area contributed by atoms with Crippen LogP contribution >= 0.6 is 0 Å². The maximum absolute atomic E-state index is 11.0. The Hall–Kier alpha value is -3.82. The number of rotatable bonds is 14. The summed E-state index contributed by atoms with van der Waals surface area (Å²) in [5, 5.41) is 16.2. The number of piperidine rings is 1. The molecule has 43 heavy (non-hydrogen) atoms. The van der Waals surface area contributed by atoms with Crippen molar-refractivity contribution >= 4 is 10.8 Å². The van der Waals surface area contributed by atoms with Crippen LogP contribution < -0.4 is 24.3 Å². The van der Waals surface area contributed by atoms with Gasteiger partial charge in [0.1, 0.15) is 23.0 Å². The van der Waals surface area contributed by atoms with Crippen LogP contribution in [0, 0.1) is 0 Å². The molecule has 4 aromatic rings. The van der Waals surface area contributed by atoms with Crippen LogP contribution in [0.5, 0.6) is 23.0 Å². The standard InChI is InChI=1S/C35H41NO7/c1-38-31-12-7-4-9-25(31)22-41-17-8-18-42-27-15-13-24(14-16-27)34-30(37)20-36-21-33(34)43-23-26-19-32(39-2)28-10-5-6-11-29(28)35(26)40-3/h4-7,9-16,19,30,33-34,36-37H,8,17-18,20-23H2,1-3H3. The minimum atomic E-state index is -0.584. The molecule has 1 aliphatic rings. The van der Waals surface area contributed by atoms with Gasteiger partial charge in [-0.05, 0) is 29.8 Å². The molecule has 1 heterocycles. The summed E-state index contributed by atoms with van der Waals surface area (Å²) in [6.45, 7) is 3.09. The van der Waals surface area contributed by atoms with E-state index in [1.54, 1.807) is 21.3 Å². The van der Waals surface area contributed by atoms with Crippen LogP contribution in [0.3, 0.4) is 0 Å². The van der Waals surface area contributed by atoms with Gasteiger partial charge in [-0.1, -0.05) is 54.6 Å². The zero-order chi connectivity index (χ0) is 30.0. The third-order valence-corrected chi connectivity index (χ3v) is 7.84. The van der Waals surface area contributed by atoms with E-state index >= 15 is 0 Å². The van der Waals surface area contributed by atoms with Crippen molar-refractivity contribution in [2.45, 2.75) is 37.8 Å². The fraction of sp³-hybridized carbons (Fsp3) is 0.371. The average Bonchev–Trinajstić information content (AvgIpc) is 3.05. The number of hydrogen-bond donors (Lipinski definition) is 2. The molecule has 5 rings (SSSR count). The van der Waals surface area contributed by atoms with Gasteiger partial charge in [-0.3, -0.25) is 0 Å². The summed E-state index contributed by atoms with van der Waals surface area (Å²) in [6.07, 6.45) is -0.0555. The van der Waals surface area contributed by atoms with Crippen LogP contribution in [0.2, 0.25) is 0 Å². The molecule has 228 valence electrons. The second-order valence-electron chi connectivity index (χ2n) is 10.6. The number of para-hydroxylation sites is 1. The van der Waals surface area contributed by atoms with Crippen molar-refractivity contribution in [2.75, 3.05) is 47.6 Å². The van der Waals surface area contributed by atoms with Gasteiger partial charge in [0.2, 0.25) is 0 Å². The molecule has 0 aliphatic carbocycles. The Kier molecular flexibility index (Phi) is 10.7. The second kappa shape index (κ2) is 15.1. The molecule has 4 aromatic carbocycles. The molecule has 0 saturated carbocycles. The lowest BCUT2D eigenvalue weighted by atomic mass is 9.85. The summed E-state index contributed by atoms with van der Waals surface area (Å²) >= 11 is 0. The molecule has 1 aliphatic heterocycles. The van der Waals surface area contributed by atoms with E-state index in [0.717, 1.165) is 56.9 Å². The van der Waals surface area contributed by atoms with Crippen LogP contribution in [0.1, 0.15) is 29.0 Å². The van der Waals surface area contributed by atoms with Crippen molar-refractivity contribution in [1.82, 2.24) is 5.32 Å². The summed E-state index contributed by atoms with van der Waals surface area (Å²) in [7, 11) is 5.00. The first-order valence-corrected chi connectivity index (χ1v) is 14.7. The van der Waals surface area contributed by atoms with Gasteiger partial charge in [0.25, 0.3) is 0 Å². The second-order valence-corrected chi connectivity index (χ2v) is 10.6. The molecule has 3 atom stereocenters. The van der Waals surface area contributed by atoms with Gasteiger partial charge < -0.3 is 38.8 Å². The number of ether oxygens (including phenoxy) is 6. The minimum Gasteiger partial charge on any atom is -0.496 e. The largest absolute Gasteiger partial charge is 0.496 e. The first-order chi connectivity index (χ1) is 21.1. The number of aliphatic hydroxyl groups excluding tert-OH is 1. The number of nitrogens with one attached hydrogen (secondary N) is 1. The van der Waals surface area contributed by atoms with Crippen molar-refractivity contribution in [2.24, 2.45) is 0 Å². The molecule has 8 nitrogen and oxygen atoms in total. The molecule has 1 saturated heterocycles. The molecule has 3 unspecified atom stereocenters. The molecular formula is C35H41NO7. The SMILES string of the molecule is COc1ccccc1COCCCOc1ccc(C2C(O)CNCC2OCc2cc(OC)c3ccccc3c2OC)cc1. The highest BCUT2D eigenvalue weighted by molar-refractivity contribution is 5.94. The molecule has 8 heteroatoms. The predicted molar refractivity (Wildman–Crippen MR) is 166 cm³/mol. The van der Waals surface area contributed by atoms with Crippen molar-refractivity contribution in [1.29, 1.82) is 0 Å². The topological polar surface area (TPSA) is 87.6 Å². The molecule has 0 amide bonds. The number of hydrogen-bond acceptors (Lipinski definition) is 8. The normalized spacial score (nSPS) is 18.4. The fourth-order valence-corrected chi connectivity index (χ4v) is 5.70. The Balaban J connectivity index is 1.17. The Morgan fingerprint density at radius 3 is 2.26 bits per heavy atom. The lowest BCUT2D eigenvalue weighted by molar-refractivity contribution is -0.0332. The van der Waals surface area contributed by atoms with E-state index in [9.17, 15) is 5.11 Å². The lowest BCUT2D eigenvalue weighted by Crippen LogP contribution is -2.49. The highest BCUT2D eigenvalue weighted by Gasteiger charge is 2.34.